The summed E-state index contributed by atoms with van der Waals surface area (Å²) in [5.41, 5.74) is 1.21. The molecule has 1 unspecified atom stereocenters. The molecule has 1 heterocycles. The second kappa shape index (κ2) is 10.2. The number of hydrogen-bond donors (Lipinski definition) is 2. The number of nitrogens with one attached hydrogen (secondary N) is 2. The van der Waals surface area contributed by atoms with E-state index in [0.717, 1.165) is 25.1 Å². The van der Waals surface area contributed by atoms with Crippen molar-refractivity contribution in [3.8, 4) is 0 Å². The minimum Gasteiger partial charge on any atom is -0.355 e. The number of benzene rings is 2. The number of carbonyl (C=O) groups is 1. The van der Waals surface area contributed by atoms with Crippen molar-refractivity contribution in [2.75, 3.05) is 24.4 Å². The van der Waals surface area contributed by atoms with Crippen molar-refractivity contribution in [1.29, 1.82) is 0 Å². The van der Waals surface area contributed by atoms with Gasteiger partial charge >= 0.3 is 0 Å². The van der Waals surface area contributed by atoms with Crippen LogP contribution in [0.2, 0.25) is 10.0 Å². The number of halogens is 2. The van der Waals surface area contributed by atoms with Gasteiger partial charge < -0.3 is 10.2 Å². The summed E-state index contributed by atoms with van der Waals surface area (Å²) in [6, 6.07) is 11.4. The fourth-order valence-corrected chi connectivity index (χ4v) is 5.00. The van der Waals surface area contributed by atoms with Crippen molar-refractivity contribution < 1.29 is 13.2 Å². The molecule has 3 rings (SSSR count). The van der Waals surface area contributed by atoms with Crippen LogP contribution in [-0.2, 0) is 21.2 Å². The van der Waals surface area contributed by atoms with E-state index in [1.54, 1.807) is 24.3 Å². The third kappa shape index (κ3) is 6.59. The summed E-state index contributed by atoms with van der Waals surface area (Å²) >= 11 is 11.8. The predicted molar refractivity (Wildman–Crippen MR) is 125 cm³/mol. The Hall–Kier alpha value is -1.80. The number of rotatable bonds is 8. The van der Waals surface area contributed by atoms with Crippen LogP contribution in [0.4, 0.5) is 5.69 Å². The molecule has 1 aliphatic rings. The molecule has 0 radical (unpaired) electrons. The molecule has 1 aliphatic heterocycles. The van der Waals surface area contributed by atoms with Gasteiger partial charge in [0.2, 0.25) is 5.91 Å². The lowest BCUT2D eigenvalue weighted by atomic mass is 10.1. The minimum atomic E-state index is -3.79. The third-order valence-corrected chi connectivity index (χ3v) is 7.53. The first kappa shape index (κ1) is 23.9. The molecule has 0 bridgehead atoms. The van der Waals surface area contributed by atoms with Gasteiger partial charge in [-0.05, 0) is 68.6 Å². The molecule has 1 fully saturated rings. The lowest BCUT2D eigenvalue weighted by molar-refractivity contribution is -0.120. The van der Waals surface area contributed by atoms with Crippen molar-refractivity contribution >= 4 is 44.8 Å². The normalized spacial score (nSPS) is 17.1. The molecule has 0 spiro atoms. The zero-order valence-electron chi connectivity index (χ0n) is 17.6. The summed E-state index contributed by atoms with van der Waals surface area (Å²) in [5, 5.41) is 3.47. The van der Waals surface area contributed by atoms with Crippen LogP contribution < -0.4 is 10.0 Å². The fraction of sp³-hybridized carbons (Fsp3) is 0.409. The molecule has 1 amide bonds. The van der Waals surface area contributed by atoms with E-state index < -0.39 is 10.0 Å². The Morgan fingerprint density at radius 1 is 1.13 bits per heavy atom. The Bertz CT molecular complexity index is 1030. The van der Waals surface area contributed by atoms with Crippen LogP contribution in [0.15, 0.2) is 47.4 Å². The van der Waals surface area contributed by atoms with Crippen LogP contribution >= 0.6 is 23.2 Å². The summed E-state index contributed by atoms with van der Waals surface area (Å²) in [5.74, 6) is 0.455. The van der Waals surface area contributed by atoms with Crippen molar-refractivity contribution in [2.24, 2.45) is 5.92 Å². The standard InChI is InChI=1S/C22H27Cl2N3O3S/c1-15(2)27-10-9-17(14-27)13-25-22(28)11-16-3-5-18(6-4-16)26-31(29,30)19-7-8-20(23)21(24)12-19/h3-8,12,15,17,26H,9-11,13-14H2,1-2H3,(H,25,28). The van der Waals surface area contributed by atoms with Gasteiger partial charge in [0.25, 0.3) is 10.0 Å². The first-order chi connectivity index (χ1) is 14.6. The van der Waals surface area contributed by atoms with E-state index in [4.69, 9.17) is 23.2 Å². The lowest BCUT2D eigenvalue weighted by Gasteiger charge is -2.20. The van der Waals surface area contributed by atoms with E-state index in [0.29, 0.717) is 24.2 Å². The van der Waals surface area contributed by atoms with Crippen molar-refractivity contribution in [3.63, 3.8) is 0 Å². The van der Waals surface area contributed by atoms with Crippen molar-refractivity contribution in [2.45, 2.75) is 37.6 Å². The molecule has 6 nitrogen and oxygen atoms in total. The number of amides is 1. The van der Waals surface area contributed by atoms with Crippen LogP contribution in [0.3, 0.4) is 0 Å². The molecule has 31 heavy (non-hydrogen) atoms. The summed E-state index contributed by atoms with van der Waals surface area (Å²) in [6.07, 6.45) is 1.35. The second-order valence-electron chi connectivity index (χ2n) is 8.10. The first-order valence-corrected chi connectivity index (χ1v) is 12.5. The highest BCUT2D eigenvalue weighted by molar-refractivity contribution is 7.92. The number of sulfonamides is 1. The van der Waals surface area contributed by atoms with E-state index in [2.05, 4.69) is 28.8 Å². The van der Waals surface area contributed by atoms with Crippen LogP contribution in [0.1, 0.15) is 25.8 Å². The Morgan fingerprint density at radius 2 is 1.84 bits per heavy atom. The molecule has 9 heteroatoms. The fourth-order valence-electron chi connectivity index (χ4n) is 3.55. The van der Waals surface area contributed by atoms with Gasteiger partial charge in [-0.15, -0.1) is 0 Å². The maximum atomic E-state index is 12.5. The number of hydrogen-bond acceptors (Lipinski definition) is 4. The molecule has 1 atom stereocenters. The van der Waals surface area contributed by atoms with Gasteiger partial charge in [0.15, 0.2) is 0 Å². The lowest BCUT2D eigenvalue weighted by Crippen LogP contribution is -2.33. The average molecular weight is 484 g/mol. The largest absolute Gasteiger partial charge is 0.355 e. The van der Waals surface area contributed by atoms with Crippen LogP contribution in [0.25, 0.3) is 0 Å². The van der Waals surface area contributed by atoms with Gasteiger partial charge in [-0.1, -0.05) is 35.3 Å². The molecule has 0 saturated carbocycles. The van der Waals surface area contributed by atoms with Gasteiger partial charge in [0.05, 0.1) is 21.4 Å². The smallest absolute Gasteiger partial charge is 0.261 e. The monoisotopic (exact) mass is 483 g/mol. The molecule has 2 N–H and O–H groups in total. The SMILES string of the molecule is CC(C)N1CCC(CNC(=O)Cc2ccc(NS(=O)(=O)c3ccc(Cl)c(Cl)c3)cc2)C1. The Kier molecular flexibility index (Phi) is 7.86. The highest BCUT2D eigenvalue weighted by atomic mass is 35.5. The second-order valence-corrected chi connectivity index (χ2v) is 10.6. The number of anilines is 1. The zero-order chi connectivity index (χ0) is 22.6. The van der Waals surface area contributed by atoms with Crippen molar-refractivity contribution in [3.05, 3.63) is 58.1 Å². The Labute approximate surface area is 194 Å². The number of likely N-dealkylation sites (tertiary alicyclic amines) is 1. The van der Waals surface area contributed by atoms with Crippen molar-refractivity contribution in [1.82, 2.24) is 10.2 Å². The molecular weight excluding hydrogens is 457 g/mol. The molecule has 2 aromatic rings. The maximum Gasteiger partial charge on any atom is 0.261 e. The third-order valence-electron chi connectivity index (χ3n) is 5.41. The first-order valence-electron chi connectivity index (χ1n) is 10.2. The van der Waals surface area contributed by atoms with E-state index in [9.17, 15) is 13.2 Å². The van der Waals surface area contributed by atoms with E-state index in [1.165, 1.54) is 18.2 Å². The molecule has 1 saturated heterocycles. The topological polar surface area (TPSA) is 78.5 Å². The van der Waals surface area contributed by atoms with E-state index in [1.807, 2.05) is 0 Å². The highest BCUT2D eigenvalue weighted by Gasteiger charge is 2.24. The Balaban J connectivity index is 1.51. The molecule has 0 aromatic heterocycles. The van der Waals surface area contributed by atoms with E-state index >= 15 is 0 Å². The predicted octanol–water partition coefficient (Wildman–Crippen LogP) is 4.18. The van der Waals surface area contributed by atoms with Gasteiger partial charge in [0, 0.05) is 24.8 Å². The van der Waals surface area contributed by atoms with Gasteiger partial charge in [-0.25, -0.2) is 8.42 Å². The highest BCUT2D eigenvalue weighted by Crippen LogP contribution is 2.26. The zero-order valence-corrected chi connectivity index (χ0v) is 19.9. The number of carbonyl (C=O) groups excluding carboxylic acids is 1. The summed E-state index contributed by atoms with van der Waals surface area (Å²) < 4.78 is 27.5. The van der Waals surface area contributed by atoms with Crippen LogP contribution in [0.5, 0.6) is 0 Å². The molecule has 168 valence electrons. The molecular formula is C22H27Cl2N3O3S. The van der Waals surface area contributed by atoms with Gasteiger partial charge in [-0.2, -0.15) is 0 Å². The summed E-state index contributed by atoms with van der Waals surface area (Å²) in [4.78, 5) is 14.7. The van der Waals surface area contributed by atoms with E-state index in [-0.39, 0.29) is 27.3 Å². The van der Waals surface area contributed by atoms with Crippen LogP contribution in [0, 0.1) is 5.92 Å². The minimum absolute atomic E-state index is 0.0216. The summed E-state index contributed by atoms with van der Waals surface area (Å²) in [7, 11) is -3.79. The molecule has 0 aliphatic carbocycles. The maximum absolute atomic E-state index is 12.5. The van der Waals surface area contributed by atoms with Gasteiger partial charge in [0.1, 0.15) is 0 Å². The Morgan fingerprint density at radius 3 is 2.45 bits per heavy atom. The van der Waals surface area contributed by atoms with Crippen LogP contribution in [-0.4, -0.2) is 44.9 Å². The average Bonchev–Trinajstić information content (AvgIpc) is 3.19. The number of nitrogens with zero attached hydrogens (tertiary/aromatic N) is 1. The van der Waals surface area contributed by atoms with Gasteiger partial charge in [-0.3, -0.25) is 9.52 Å². The molecule has 2 aromatic carbocycles. The quantitative estimate of drug-likeness (QED) is 0.589. The summed E-state index contributed by atoms with van der Waals surface area (Å²) in [6.45, 7) is 7.16.